The lowest BCUT2D eigenvalue weighted by Crippen LogP contribution is -2.37. The SMILES string of the molecule is CCCCCCCC/C=C\CCCCCCCCCC(=O)OC[C@H](COP(=O)(O)OCC[N+](C)(C)C)OC(=O)CCCCCCC/C=C\CCCCCCCC. The third kappa shape index (κ3) is 42.1. The van der Waals surface area contributed by atoms with Crippen LogP contribution in [0.1, 0.15) is 206 Å². The van der Waals surface area contributed by atoms with Crippen LogP contribution < -0.4 is 0 Å². The zero-order valence-electron chi connectivity index (χ0n) is 37.1. The van der Waals surface area contributed by atoms with E-state index in [9.17, 15) is 19.0 Å². The number of phosphoric acid groups is 1. The molecule has 0 heterocycles. The maximum absolute atomic E-state index is 12.7. The van der Waals surface area contributed by atoms with E-state index < -0.39 is 26.5 Å². The standard InChI is InChI=1S/C46H88NO8P/c1-6-8-10-12-14-16-18-20-22-23-25-26-28-30-32-34-36-38-45(48)52-42-44(43-54-56(50,51)53-41-40-47(3,4)5)55-46(49)39-37-35-33-31-29-27-24-21-19-17-15-13-11-9-7-2/h20-22,24,44H,6-19,23,25-43H2,1-5H3/p+1/b22-20-,24-21-/t44-/m1/s1. The summed E-state index contributed by atoms with van der Waals surface area (Å²) in [5.74, 6) is -0.808. The van der Waals surface area contributed by atoms with Gasteiger partial charge >= 0.3 is 19.8 Å². The Morgan fingerprint density at radius 3 is 1.32 bits per heavy atom. The van der Waals surface area contributed by atoms with E-state index in [1.165, 1.54) is 122 Å². The topological polar surface area (TPSA) is 108 Å². The molecule has 0 aliphatic carbocycles. The van der Waals surface area contributed by atoms with Crippen LogP contribution in [0.25, 0.3) is 0 Å². The molecule has 0 rings (SSSR count). The number of rotatable bonds is 42. The minimum absolute atomic E-state index is 0.0307. The predicted molar refractivity (Wildman–Crippen MR) is 234 cm³/mol. The van der Waals surface area contributed by atoms with Gasteiger partial charge in [-0.05, 0) is 64.2 Å². The first-order valence-corrected chi connectivity index (χ1v) is 24.6. The summed E-state index contributed by atoms with van der Waals surface area (Å²) in [7, 11) is 1.47. The molecule has 10 heteroatoms. The predicted octanol–water partition coefficient (Wildman–Crippen LogP) is 13.1. The first-order chi connectivity index (χ1) is 27.0. The number of likely N-dealkylation sites (N-methyl/N-ethyl adjacent to an activating group) is 1. The lowest BCUT2D eigenvalue weighted by atomic mass is 10.1. The van der Waals surface area contributed by atoms with Gasteiger partial charge in [-0.2, -0.15) is 0 Å². The molecule has 0 saturated heterocycles. The number of quaternary nitrogens is 1. The van der Waals surface area contributed by atoms with Crippen LogP contribution in [0.4, 0.5) is 0 Å². The second kappa shape index (κ2) is 39.0. The van der Waals surface area contributed by atoms with Gasteiger partial charge in [0.25, 0.3) is 0 Å². The molecule has 0 aliphatic heterocycles. The Labute approximate surface area is 345 Å². The van der Waals surface area contributed by atoms with Crippen LogP contribution >= 0.6 is 7.82 Å². The summed E-state index contributed by atoms with van der Waals surface area (Å²) in [6.07, 6.45) is 42.2. The van der Waals surface area contributed by atoms with Gasteiger partial charge in [-0.25, -0.2) is 4.57 Å². The van der Waals surface area contributed by atoms with E-state index in [4.69, 9.17) is 18.5 Å². The van der Waals surface area contributed by atoms with E-state index >= 15 is 0 Å². The fourth-order valence-corrected chi connectivity index (χ4v) is 7.04. The van der Waals surface area contributed by atoms with Gasteiger partial charge in [0, 0.05) is 12.8 Å². The van der Waals surface area contributed by atoms with Crippen LogP contribution in [0.15, 0.2) is 24.3 Å². The second-order valence-corrected chi connectivity index (χ2v) is 18.2. The Morgan fingerprint density at radius 1 is 0.536 bits per heavy atom. The van der Waals surface area contributed by atoms with Crippen molar-refractivity contribution in [2.24, 2.45) is 0 Å². The first kappa shape index (κ1) is 54.5. The van der Waals surface area contributed by atoms with Crippen LogP contribution in [0.5, 0.6) is 0 Å². The Balaban J connectivity index is 4.33. The maximum Gasteiger partial charge on any atom is 0.472 e. The molecular weight excluding hydrogens is 725 g/mol. The zero-order chi connectivity index (χ0) is 41.4. The molecule has 0 aromatic rings. The highest BCUT2D eigenvalue weighted by atomic mass is 31.2. The largest absolute Gasteiger partial charge is 0.472 e. The van der Waals surface area contributed by atoms with E-state index in [1.807, 2.05) is 21.1 Å². The Bertz CT molecular complexity index is 1010. The van der Waals surface area contributed by atoms with Gasteiger partial charge < -0.3 is 18.9 Å². The quantitative estimate of drug-likeness (QED) is 0.0213. The third-order valence-electron chi connectivity index (χ3n) is 9.95. The minimum Gasteiger partial charge on any atom is -0.462 e. The van der Waals surface area contributed by atoms with E-state index in [0.717, 1.165) is 51.4 Å². The van der Waals surface area contributed by atoms with E-state index in [-0.39, 0.29) is 32.0 Å². The number of ether oxygens (including phenoxy) is 2. The molecule has 0 saturated carbocycles. The summed E-state index contributed by atoms with van der Waals surface area (Å²) in [5, 5.41) is 0. The molecule has 56 heavy (non-hydrogen) atoms. The van der Waals surface area contributed by atoms with Crippen molar-refractivity contribution in [3.05, 3.63) is 24.3 Å². The van der Waals surface area contributed by atoms with Crippen molar-refractivity contribution < 1.29 is 42.1 Å². The van der Waals surface area contributed by atoms with Gasteiger partial charge in [-0.1, -0.05) is 154 Å². The molecule has 0 bridgehead atoms. The molecule has 1 N–H and O–H groups in total. The van der Waals surface area contributed by atoms with Crippen molar-refractivity contribution in [2.45, 2.75) is 213 Å². The zero-order valence-corrected chi connectivity index (χ0v) is 38.0. The summed E-state index contributed by atoms with van der Waals surface area (Å²) >= 11 is 0. The van der Waals surface area contributed by atoms with E-state index in [2.05, 4.69) is 38.2 Å². The molecule has 330 valence electrons. The number of unbranched alkanes of at least 4 members (excludes halogenated alkanes) is 24. The number of phosphoric ester groups is 1. The fraction of sp³-hybridized carbons (Fsp3) is 0.870. The lowest BCUT2D eigenvalue weighted by molar-refractivity contribution is -0.870. The van der Waals surface area contributed by atoms with Gasteiger partial charge in [0.15, 0.2) is 6.10 Å². The van der Waals surface area contributed by atoms with Gasteiger partial charge in [-0.15, -0.1) is 0 Å². The molecule has 0 aromatic heterocycles. The first-order valence-electron chi connectivity index (χ1n) is 23.1. The minimum atomic E-state index is -4.38. The van der Waals surface area contributed by atoms with Crippen LogP contribution in [0, 0.1) is 0 Å². The van der Waals surface area contributed by atoms with Crippen molar-refractivity contribution in [1.82, 2.24) is 0 Å². The highest BCUT2D eigenvalue weighted by molar-refractivity contribution is 7.47. The highest BCUT2D eigenvalue weighted by Gasteiger charge is 2.27. The average molecular weight is 815 g/mol. The molecule has 9 nitrogen and oxygen atoms in total. The van der Waals surface area contributed by atoms with Crippen molar-refractivity contribution in [2.75, 3.05) is 47.5 Å². The lowest BCUT2D eigenvalue weighted by Gasteiger charge is -2.24. The van der Waals surface area contributed by atoms with E-state index in [0.29, 0.717) is 17.4 Å². The summed E-state index contributed by atoms with van der Waals surface area (Å²) in [6, 6.07) is 0. The second-order valence-electron chi connectivity index (χ2n) is 16.8. The number of esters is 2. The van der Waals surface area contributed by atoms with Crippen molar-refractivity contribution in [1.29, 1.82) is 0 Å². The van der Waals surface area contributed by atoms with Crippen LogP contribution in [-0.4, -0.2) is 74.9 Å². The molecule has 2 atom stereocenters. The fourth-order valence-electron chi connectivity index (χ4n) is 6.30. The molecule has 0 spiro atoms. The van der Waals surface area contributed by atoms with Gasteiger partial charge in [-0.3, -0.25) is 18.6 Å². The molecule has 0 aromatic carbocycles. The summed E-state index contributed by atoms with van der Waals surface area (Å²) in [4.78, 5) is 35.4. The smallest absolute Gasteiger partial charge is 0.462 e. The highest BCUT2D eigenvalue weighted by Crippen LogP contribution is 2.43. The summed E-state index contributed by atoms with van der Waals surface area (Å²) < 4.78 is 34.3. The number of carbonyl (C=O) groups is 2. The van der Waals surface area contributed by atoms with Crippen molar-refractivity contribution >= 4 is 19.8 Å². The number of hydrogen-bond donors (Lipinski definition) is 1. The number of hydrogen-bond acceptors (Lipinski definition) is 7. The van der Waals surface area contributed by atoms with Crippen LogP contribution in [0.2, 0.25) is 0 Å². The Hall–Kier alpha value is -1.51. The normalized spacial score (nSPS) is 13.8. The van der Waals surface area contributed by atoms with Gasteiger partial charge in [0.2, 0.25) is 0 Å². The van der Waals surface area contributed by atoms with Gasteiger partial charge in [0.1, 0.15) is 19.8 Å². The number of nitrogens with zero attached hydrogens (tertiary/aromatic N) is 1. The van der Waals surface area contributed by atoms with E-state index in [1.54, 1.807) is 0 Å². The number of carbonyl (C=O) groups excluding carboxylic acids is 2. The molecule has 1 unspecified atom stereocenters. The maximum atomic E-state index is 12.7. The Morgan fingerprint density at radius 2 is 0.911 bits per heavy atom. The van der Waals surface area contributed by atoms with Gasteiger partial charge in [0.05, 0.1) is 27.7 Å². The third-order valence-corrected chi connectivity index (χ3v) is 10.9. The monoisotopic (exact) mass is 815 g/mol. The summed E-state index contributed by atoms with van der Waals surface area (Å²) in [6.45, 7) is 4.41. The number of allylic oxidation sites excluding steroid dienone is 4. The molecule has 0 fully saturated rings. The molecule has 0 amide bonds. The van der Waals surface area contributed by atoms with Crippen molar-refractivity contribution in [3.63, 3.8) is 0 Å². The molecular formula is C46H89NO8P+. The molecule has 0 aliphatic rings. The molecule has 0 radical (unpaired) electrons. The van der Waals surface area contributed by atoms with Crippen molar-refractivity contribution in [3.8, 4) is 0 Å². The average Bonchev–Trinajstić information content (AvgIpc) is 3.15. The Kier molecular flexibility index (Phi) is 37.9. The summed E-state index contributed by atoms with van der Waals surface area (Å²) in [5.41, 5.74) is 0. The van der Waals surface area contributed by atoms with Crippen LogP contribution in [0.3, 0.4) is 0 Å². The van der Waals surface area contributed by atoms with Crippen LogP contribution in [-0.2, 0) is 32.7 Å².